The number of sulfonamides is 1. The van der Waals surface area contributed by atoms with Gasteiger partial charge >= 0.3 is 0 Å². The molecule has 0 aromatic heterocycles. The molecule has 8 nitrogen and oxygen atoms in total. The molecule has 0 aliphatic rings. The average molecular weight is 598 g/mol. The molecule has 0 aliphatic carbocycles. The van der Waals surface area contributed by atoms with E-state index in [0.717, 1.165) is 28.4 Å². The van der Waals surface area contributed by atoms with Crippen LogP contribution in [0.1, 0.15) is 46.1 Å². The van der Waals surface area contributed by atoms with E-state index in [2.05, 4.69) is 5.32 Å². The minimum absolute atomic E-state index is 0.0551. The fourth-order valence-electron chi connectivity index (χ4n) is 4.47. The third-order valence-corrected chi connectivity index (χ3v) is 8.78. The van der Waals surface area contributed by atoms with Crippen molar-refractivity contribution < 1.29 is 27.1 Å². The van der Waals surface area contributed by atoms with Crippen molar-refractivity contribution in [3.8, 4) is 5.75 Å². The monoisotopic (exact) mass is 597 g/mol. The molecule has 42 heavy (non-hydrogen) atoms. The molecule has 2 amide bonds. The topological polar surface area (TPSA) is 96.0 Å². The van der Waals surface area contributed by atoms with Crippen LogP contribution in [0.3, 0.4) is 0 Å². The summed E-state index contributed by atoms with van der Waals surface area (Å²) in [6.07, 6.45) is 1.53. The first-order valence-corrected chi connectivity index (χ1v) is 15.7. The number of amides is 2. The minimum Gasteiger partial charge on any atom is -0.494 e. The summed E-state index contributed by atoms with van der Waals surface area (Å²) in [6, 6.07) is 19.5. The predicted octanol–water partition coefficient (Wildman–Crippen LogP) is 5.18. The third kappa shape index (κ3) is 8.55. The number of anilines is 1. The van der Waals surface area contributed by atoms with Gasteiger partial charge in [-0.3, -0.25) is 13.9 Å². The first kappa shape index (κ1) is 32.6. The summed E-state index contributed by atoms with van der Waals surface area (Å²) in [5.41, 5.74) is 1.10. The summed E-state index contributed by atoms with van der Waals surface area (Å²) in [5.74, 6) is -0.876. The lowest BCUT2D eigenvalue weighted by Crippen LogP contribution is -2.54. The van der Waals surface area contributed by atoms with E-state index < -0.39 is 34.3 Å². The van der Waals surface area contributed by atoms with Gasteiger partial charge in [-0.1, -0.05) is 44.2 Å². The zero-order valence-corrected chi connectivity index (χ0v) is 25.4. The van der Waals surface area contributed by atoms with Crippen molar-refractivity contribution >= 4 is 27.5 Å². The smallest absolute Gasteiger partial charge is 0.264 e. The van der Waals surface area contributed by atoms with Crippen molar-refractivity contribution in [1.82, 2.24) is 10.2 Å². The number of carbonyl (C=O) groups excluding carboxylic acids is 2. The second kappa shape index (κ2) is 15.3. The highest BCUT2D eigenvalue weighted by molar-refractivity contribution is 7.92. The van der Waals surface area contributed by atoms with E-state index in [-0.39, 0.29) is 29.1 Å². The van der Waals surface area contributed by atoms with Crippen LogP contribution in [0.5, 0.6) is 5.75 Å². The second-order valence-corrected chi connectivity index (χ2v) is 11.8. The predicted molar refractivity (Wildman–Crippen MR) is 162 cm³/mol. The lowest BCUT2D eigenvalue weighted by molar-refractivity contribution is -0.139. The van der Waals surface area contributed by atoms with Crippen molar-refractivity contribution in [3.05, 3.63) is 90.2 Å². The van der Waals surface area contributed by atoms with Crippen LogP contribution < -0.4 is 14.4 Å². The maximum Gasteiger partial charge on any atom is 0.264 e. The Bertz CT molecular complexity index is 1400. The maximum atomic E-state index is 14.0. The molecule has 10 heteroatoms. The van der Waals surface area contributed by atoms with Crippen LogP contribution in [-0.2, 0) is 26.0 Å². The van der Waals surface area contributed by atoms with Crippen molar-refractivity contribution in [2.45, 2.75) is 63.9 Å². The van der Waals surface area contributed by atoms with Gasteiger partial charge in [0.1, 0.15) is 24.2 Å². The highest BCUT2D eigenvalue weighted by Crippen LogP contribution is 2.26. The summed E-state index contributed by atoms with van der Waals surface area (Å²) in [5, 5.41) is 2.96. The molecule has 0 aliphatic heterocycles. The number of ether oxygens (including phenoxy) is 1. The largest absolute Gasteiger partial charge is 0.494 e. The van der Waals surface area contributed by atoms with Gasteiger partial charge in [0.05, 0.1) is 17.2 Å². The van der Waals surface area contributed by atoms with Crippen LogP contribution in [0.4, 0.5) is 10.1 Å². The van der Waals surface area contributed by atoms with Gasteiger partial charge in [0.2, 0.25) is 11.8 Å². The Balaban J connectivity index is 2.00. The summed E-state index contributed by atoms with van der Waals surface area (Å²) in [6.45, 7) is 7.53. The Morgan fingerprint density at radius 1 is 0.905 bits per heavy atom. The molecule has 1 N–H and O–H groups in total. The highest BCUT2D eigenvalue weighted by Gasteiger charge is 2.33. The number of nitrogens with one attached hydrogen (secondary N) is 1. The van der Waals surface area contributed by atoms with Gasteiger partial charge in [-0.05, 0) is 87.2 Å². The van der Waals surface area contributed by atoms with Gasteiger partial charge in [0.15, 0.2) is 0 Å². The Morgan fingerprint density at radius 3 is 2.12 bits per heavy atom. The molecule has 0 saturated heterocycles. The first-order chi connectivity index (χ1) is 20.1. The number of hydrogen-bond donors (Lipinski definition) is 1. The van der Waals surface area contributed by atoms with Crippen LogP contribution in [0, 0.1) is 5.82 Å². The molecule has 3 aromatic carbocycles. The van der Waals surface area contributed by atoms with E-state index in [4.69, 9.17) is 4.74 Å². The van der Waals surface area contributed by atoms with Crippen molar-refractivity contribution in [3.63, 3.8) is 0 Å². The molecular formula is C32H40FN3O5S. The zero-order chi connectivity index (χ0) is 30.7. The molecule has 2 atom stereocenters. The zero-order valence-electron chi connectivity index (χ0n) is 24.6. The van der Waals surface area contributed by atoms with Crippen molar-refractivity contribution in [2.24, 2.45) is 0 Å². The molecule has 226 valence electrons. The highest BCUT2D eigenvalue weighted by atomic mass is 32.2. The van der Waals surface area contributed by atoms with E-state index in [1.807, 2.05) is 58.0 Å². The Labute approximate surface area is 248 Å². The van der Waals surface area contributed by atoms with Crippen LogP contribution in [0.15, 0.2) is 83.8 Å². The van der Waals surface area contributed by atoms with Gasteiger partial charge in [-0.15, -0.1) is 0 Å². The van der Waals surface area contributed by atoms with E-state index in [1.54, 1.807) is 12.1 Å². The lowest BCUT2D eigenvalue weighted by Gasteiger charge is -2.33. The standard InChI is InChI=1S/C32H40FN3O5S/c1-5-24(4)34-32(38)30(6-2)35(22-21-25-11-9-8-10-12-25)31(37)23-36(27-15-13-26(33)14-16-27)42(39,40)29-19-17-28(18-20-29)41-7-3/h8-20,24,30H,5-7,21-23H2,1-4H3,(H,34,38)/t24-,30+/m1/s1. The first-order valence-electron chi connectivity index (χ1n) is 14.3. The maximum absolute atomic E-state index is 14.0. The van der Waals surface area contributed by atoms with Crippen LogP contribution in [0.2, 0.25) is 0 Å². The number of carbonyl (C=O) groups is 2. The molecule has 0 bridgehead atoms. The quantitative estimate of drug-likeness (QED) is 0.260. The molecule has 0 radical (unpaired) electrons. The summed E-state index contributed by atoms with van der Waals surface area (Å²) in [7, 11) is -4.26. The number of benzene rings is 3. The van der Waals surface area contributed by atoms with Gasteiger partial charge in [0, 0.05) is 12.6 Å². The van der Waals surface area contributed by atoms with Gasteiger partial charge in [-0.25, -0.2) is 12.8 Å². The summed E-state index contributed by atoms with van der Waals surface area (Å²) >= 11 is 0. The number of rotatable bonds is 15. The molecule has 0 spiro atoms. The van der Waals surface area contributed by atoms with E-state index >= 15 is 0 Å². The number of hydrogen-bond acceptors (Lipinski definition) is 5. The molecule has 0 heterocycles. The van der Waals surface area contributed by atoms with E-state index in [0.29, 0.717) is 25.2 Å². The normalized spacial score (nSPS) is 12.7. The minimum atomic E-state index is -4.26. The fraction of sp³-hybridized carbons (Fsp3) is 0.375. The second-order valence-electron chi connectivity index (χ2n) is 9.96. The van der Waals surface area contributed by atoms with E-state index in [9.17, 15) is 22.4 Å². The summed E-state index contributed by atoms with van der Waals surface area (Å²) < 4.78 is 48.1. The SMILES string of the molecule is CCOc1ccc(S(=O)(=O)N(CC(=O)N(CCc2ccccc2)[C@@H](CC)C(=O)N[C@H](C)CC)c2ccc(F)cc2)cc1. The molecule has 0 fully saturated rings. The summed E-state index contributed by atoms with van der Waals surface area (Å²) in [4.78, 5) is 28.7. The van der Waals surface area contributed by atoms with Gasteiger partial charge < -0.3 is 15.0 Å². The van der Waals surface area contributed by atoms with E-state index in [1.165, 1.54) is 29.2 Å². The Kier molecular flexibility index (Phi) is 11.9. The van der Waals surface area contributed by atoms with Gasteiger partial charge in [0.25, 0.3) is 10.0 Å². The number of halogens is 1. The number of nitrogens with zero attached hydrogens (tertiary/aromatic N) is 2. The van der Waals surface area contributed by atoms with Crippen LogP contribution >= 0.6 is 0 Å². The van der Waals surface area contributed by atoms with Crippen molar-refractivity contribution in [1.29, 1.82) is 0 Å². The van der Waals surface area contributed by atoms with Crippen molar-refractivity contribution in [2.75, 3.05) is 24.0 Å². The van der Waals surface area contributed by atoms with Crippen LogP contribution in [-0.4, -0.2) is 56.9 Å². The average Bonchev–Trinajstić information content (AvgIpc) is 2.99. The lowest BCUT2D eigenvalue weighted by atomic mass is 10.1. The Morgan fingerprint density at radius 2 is 1.55 bits per heavy atom. The van der Waals surface area contributed by atoms with Gasteiger partial charge in [-0.2, -0.15) is 0 Å². The molecular weight excluding hydrogens is 557 g/mol. The molecule has 3 rings (SSSR count). The molecule has 3 aromatic rings. The molecule has 0 unspecified atom stereocenters. The third-order valence-electron chi connectivity index (χ3n) is 6.99. The molecule has 0 saturated carbocycles. The fourth-order valence-corrected chi connectivity index (χ4v) is 5.89. The Hall–Kier alpha value is -3.92. The van der Waals surface area contributed by atoms with Crippen LogP contribution in [0.25, 0.3) is 0 Å².